The maximum atomic E-state index is 12.9. The highest BCUT2D eigenvalue weighted by molar-refractivity contribution is 7.22. The molecule has 1 fully saturated rings. The first-order valence-electron chi connectivity index (χ1n) is 9.48. The summed E-state index contributed by atoms with van der Waals surface area (Å²) >= 11 is 1.37. The van der Waals surface area contributed by atoms with Gasteiger partial charge in [0.2, 0.25) is 5.91 Å². The monoisotopic (exact) mass is 409 g/mol. The van der Waals surface area contributed by atoms with Gasteiger partial charge in [0, 0.05) is 25.1 Å². The molecule has 1 saturated carbocycles. The van der Waals surface area contributed by atoms with Crippen LogP contribution in [0.1, 0.15) is 23.2 Å². The minimum absolute atomic E-state index is 0.0517. The minimum Gasteiger partial charge on any atom is -0.486 e. The molecule has 1 N–H and O–H groups in total. The molecule has 0 spiro atoms. The number of ether oxygens (including phenoxy) is 2. The molecule has 1 aliphatic heterocycles. The highest BCUT2D eigenvalue weighted by Gasteiger charge is 2.33. The van der Waals surface area contributed by atoms with Crippen molar-refractivity contribution in [1.29, 1.82) is 0 Å². The molecule has 2 heterocycles. The molecular formula is C21H19N3O4S. The average molecular weight is 409 g/mol. The second kappa shape index (κ2) is 7.04. The number of nitrogens with zero attached hydrogens (tertiary/aromatic N) is 2. The lowest BCUT2D eigenvalue weighted by molar-refractivity contribution is -0.119. The van der Waals surface area contributed by atoms with Crippen LogP contribution in [0.25, 0.3) is 10.2 Å². The van der Waals surface area contributed by atoms with Crippen LogP contribution < -0.4 is 19.7 Å². The van der Waals surface area contributed by atoms with E-state index in [1.165, 1.54) is 11.3 Å². The third-order valence-corrected chi connectivity index (χ3v) is 5.97. The molecule has 0 saturated heterocycles. The highest BCUT2D eigenvalue weighted by Crippen LogP contribution is 2.38. The third-order valence-electron chi connectivity index (χ3n) is 5.04. The Labute approximate surface area is 171 Å². The van der Waals surface area contributed by atoms with Crippen molar-refractivity contribution in [2.75, 3.05) is 30.5 Å². The molecule has 0 bridgehead atoms. The van der Waals surface area contributed by atoms with Gasteiger partial charge in [-0.25, -0.2) is 4.98 Å². The fraction of sp³-hybridized carbons (Fsp3) is 0.286. The number of hydrogen-bond acceptors (Lipinski definition) is 6. The largest absolute Gasteiger partial charge is 0.486 e. The lowest BCUT2D eigenvalue weighted by Gasteiger charge is -2.20. The zero-order chi connectivity index (χ0) is 20.0. The summed E-state index contributed by atoms with van der Waals surface area (Å²) in [6.45, 7) is 1.03. The van der Waals surface area contributed by atoms with E-state index in [-0.39, 0.29) is 17.7 Å². The van der Waals surface area contributed by atoms with Gasteiger partial charge in [0.25, 0.3) is 5.91 Å². The van der Waals surface area contributed by atoms with Crippen LogP contribution >= 0.6 is 11.3 Å². The molecule has 2 aliphatic rings. The van der Waals surface area contributed by atoms with Gasteiger partial charge in [-0.2, -0.15) is 0 Å². The topological polar surface area (TPSA) is 80.8 Å². The highest BCUT2D eigenvalue weighted by atomic mass is 32.1. The van der Waals surface area contributed by atoms with E-state index < -0.39 is 0 Å². The Kier molecular flexibility index (Phi) is 4.35. The zero-order valence-electron chi connectivity index (χ0n) is 15.8. The summed E-state index contributed by atoms with van der Waals surface area (Å²) in [7, 11) is 1.72. The molecule has 29 heavy (non-hydrogen) atoms. The van der Waals surface area contributed by atoms with Crippen LogP contribution in [0.3, 0.4) is 0 Å². The summed E-state index contributed by atoms with van der Waals surface area (Å²) in [5, 5.41) is 3.35. The van der Waals surface area contributed by atoms with Gasteiger partial charge in [-0.3, -0.25) is 14.9 Å². The van der Waals surface area contributed by atoms with E-state index in [2.05, 4.69) is 10.3 Å². The van der Waals surface area contributed by atoms with Gasteiger partial charge in [0.05, 0.1) is 21.5 Å². The van der Waals surface area contributed by atoms with E-state index in [0.29, 0.717) is 41.1 Å². The first kappa shape index (κ1) is 17.9. The first-order valence-corrected chi connectivity index (χ1v) is 10.3. The van der Waals surface area contributed by atoms with E-state index in [1.54, 1.807) is 30.1 Å². The van der Waals surface area contributed by atoms with Crippen LogP contribution in [0.4, 0.5) is 10.8 Å². The number of aromatic nitrogens is 1. The van der Waals surface area contributed by atoms with Gasteiger partial charge in [-0.05, 0) is 25.0 Å². The fourth-order valence-electron chi connectivity index (χ4n) is 3.36. The Morgan fingerprint density at radius 3 is 2.62 bits per heavy atom. The zero-order valence-corrected chi connectivity index (χ0v) is 16.6. The molecular weight excluding hydrogens is 390 g/mol. The lowest BCUT2D eigenvalue weighted by Crippen LogP contribution is -2.29. The molecule has 7 nitrogen and oxygen atoms in total. The Morgan fingerprint density at radius 1 is 1.14 bits per heavy atom. The van der Waals surface area contributed by atoms with Gasteiger partial charge in [0.1, 0.15) is 13.2 Å². The number of thiazole rings is 1. The Morgan fingerprint density at radius 2 is 1.86 bits per heavy atom. The quantitative estimate of drug-likeness (QED) is 0.711. The second-order valence-electron chi connectivity index (χ2n) is 7.13. The molecule has 0 atom stereocenters. The summed E-state index contributed by atoms with van der Waals surface area (Å²) in [6, 6.07) is 10.8. The van der Waals surface area contributed by atoms with Crippen molar-refractivity contribution in [3.8, 4) is 11.5 Å². The third kappa shape index (κ3) is 3.40. The Bertz CT molecular complexity index is 1080. The van der Waals surface area contributed by atoms with Crippen LogP contribution in [0.15, 0.2) is 36.4 Å². The number of anilines is 2. The number of carbonyl (C=O) groups is 2. The molecule has 0 unspecified atom stereocenters. The number of para-hydroxylation sites is 1. The lowest BCUT2D eigenvalue weighted by atomic mass is 10.1. The van der Waals surface area contributed by atoms with E-state index in [0.717, 1.165) is 23.1 Å². The summed E-state index contributed by atoms with van der Waals surface area (Å²) in [5.41, 5.74) is 1.78. The average Bonchev–Trinajstić information content (AvgIpc) is 3.52. The molecule has 2 amide bonds. The van der Waals surface area contributed by atoms with E-state index in [1.807, 2.05) is 18.2 Å². The molecule has 3 aromatic rings. The smallest absolute Gasteiger partial charge is 0.259 e. The number of carbonyl (C=O) groups excluding carboxylic acids is 2. The van der Waals surface area contributed by atoms with Crippen molar-refractivity contribution in [3.63, 3.8) is 0 Å². The van der Waals surface area contributed by atoms with Crippen molar-refractivity contribution >= 4 is 44.2 Å². The number of amides is 2. The van der Waals surface area contributed by atoms with Crippen LogP contribution in [0, 0.1) is 5.92 Å². The molecule has 2 aromatic carbocycles. The summed E-state index contributed by atoms with van der Waals surface area (Å²) < 4.78 is 12.1. The number of benzene rings is 2. The van der Waals surface area contributed by atoms with Gasteiger partial charge in [-0.1, -0.05) is 23.5 Å². The Balaban J connectivity index is 1.41. The molecule has 8 heteroatoms. The van der Waals surface area contributed by atoms with E-state index in [4.69, 9.17) is 9.47 Å². The number of fused-ring (bicyclic) bond motifs is 2. The van der Waals surface area contributed by atoms with Crippen LogP contribution in [0.2, 0.25) is 0 Å². The van der Waals surface area contributed by atoms with Gasteiger partial charge in [-0.15, -0.1) is 0 Å². The predicted molar refractivity (Wildman–Crippen MR) is 111 cm³/mol. The Hall–Kier alpha value is -3.13. The van der Waals surface area contributed by atoms with E-state index >= 15 is 0 Å². The van der Waals surface area contributed by atoms with Gasteiger partial charge >= 0.3 is 0 Å². The second-order valence-corrected chi connectivity index (χ2v) is 8.16. The maximum absolute atomic E-state index is 12.9. The SMILES string of the molecule is CN(C(=O)C1CC1)c1ccccc1C(=O)Nc1nc2cc3c(cc2s1)OCCO3. The maximum Gasteiger partial charge on any atom is 0.259 e. The minimum atomic E-state index is -0.299. The summed E-state index contributed by atoms with van der Waals surface area (Å²) in [4.78, 5) is 31.5. The van der Waals surface area contributed by atoms with Crippen molar-refractivity contribution < 1.29 is 19.1 Å². The van der Waals surface area contributed by atoms with Crippen molar-refractivity contribution in [2.24, 2.45) is 5.92 Å². The number of hydrogen-bond donors (Lipinski definition) is 1. The standard InChI is InChI=1S/C21H19N3O4S/c1-24(20(26)12-6-7-12)15-5-3-2-4-13(15)19(25)23-21-22-14-10-16-17(11-18(14)29-21)28-9-8-27-16/h2-5,10-12H,6-9H2,1H3,(H,22,23,25). The predicted octanol–water partition coefficient (Wildman–Crippen LogP) is 3.69. The summed E-state index contributed by atoms with van der Waals surface area (Å²) in [6.07, 6.45) is 1.83. The van der Waals surface area contributed by atoms with Crippen LogP contribution in [0.5, 0.6) is 11.5 Å². The molecule has 0 radical (unpaired) electrons. The van der Waals surface area contributed by atoms with Crippen molar-refractivity contribution in [3.05, 3.63) is 42.0 Å². The first-order chi connectivity index (χ1) is 14.1. The fourth-order valence-corrected chi connectivity index (χ4v) is 4.23. The number of nitrogens with one attached hydrogen (secondary N) is 1. The van der Waals surface area contributed by atoms with Gasteiger partial charge < -0.3 is 14.4 Å². The molecule has 1 aliphatic carbocycles. The van der Waals surface area contributed by atoms with Crippen LogP contribution in [-0.2, 0) is 4.79 Å². The van der Waals surface area contributed by atoms with E-state index in [9.17, 15) is 9.59 Å². The summed E-state index contributed by atoms with van der Waals surface area (Å²) in [5.74, 6) is 1.19. The molecule has 1 aromatic heterocycles. The number of rotatable bonds is 4. The molecule has 148 valence electrons. The normalized spacial score (nSPS) is 15.2. The van der Waals surface area contributed by atoms with Crippen molar-refractivity contribution in [2.45, 2.75) is 12.8 Å². The van der Waals surface area contributed by atoms with Crippen LogP contribution in [-0.4, -0.2) is 37.1 Å². The van der Waals surface area contributed by atoms with Gasteiger partial charge in [0.15, 0.2) is 16.6 Å². The van der Waals surface area contributed by atoms with Crippen molar-refractivity contribution in [1.82, 2.24) is 4.98 Å². The molecule has 5 rings (SSSR count).